The number of carbonyl (C=O) groups is 4. The van der Waals surface area contributed by atoms with E-state index in [1.54, 1.807) is 9.80 Å². The largest absolute Gasteiger partial charge is 0.342 e. The number of amides is 4. The molecule has 0 aliphatic carbocycles. The van der Waals surface area contributed by atoms with Crippen LogP contribution in [-0.2, 0) is 19.2 Å². The molecule has 4 amide bonds. The van der Waals surface area contributed by atoms with E-state index in [4.69, 9.17) is 0 Å². The molecule has 35 heavy (non-hydrogen) atoms. The van der Waals surface area contributed by atoms with E-state index in [0.717, 1.165) is 22.5 Å². The van der Waals surface area contributed by atoms with E-state index in [1.165, 1.54) is 0 Å². The molecule has 2 fully saturated rings. The molecule has 2 aromatic carbocycles. The van der Waals surface area contributed by atoms with Gasteiger partial charge < -0.3 is 20.4 Å². The van der Waals surface area contributed by atoms with Gasteiger partial charge in [0.25, 0.3) is 0 Å². The van der Waals surface area contributed by atoms with E-state index < -0.39 is 0 Å². The Balaban J connectivity index is 1.20. The first-order valence-corrected chi connectivity index (χ1v) is 12.1. The number of nitrogens with zero attached hydrogens (tertiary/aromatic N) is 2. The summed E-state index contributed by atoms with van der Waals surface area (Å²) < 4.78 is 0. The van der Waals surface area contributed by atoms with Crippen LogP contribution in [0.3, 0.4) is 0 Å². The van der Waals surface area contributed by atoms with Crippen molar-refractivity contribution in [2.45, 2.75) is 33.1 Å². The standard InChI is InChI=1S/C27H32N4O4/c1-18-4-8-22(9-5-18)28-26(34)20-14-24(32)30(16-20)12-3-13-31-17-21(15-25(31)33)27(35)29-23-10-6-19(2)7-11-23/h4-11,20-21H,3,12-17H2,1-2H3,(H,28,34)(H,29,35). The predicted molar refractivity (Wildman–Crippen MR) is 134 cm³/mol. The maximum absolute atomic E-state index is 12.6. The summed E-state index contributed by atoms with van der Waals surface area (Å²) in [5.41, 5.74) is 3.67. The van der Waals surface area contributed by atoms with Gasteiger partial charge in [-0.15, -0.1) is 0 Å². The molecule has 4 rings (SSSR count). The van der Waals surface area contributed by atoms with Gasteiger partial charge in [-0.1, -0.05) is 35.4 Å². The van der Waals surface area contributed by atoms with Gasteiger partial charge in [0.05, 0.1) is 11.8 Å². The molecule has 2 saturated heterocycles. The minimum absolute atomic E-state index is 0.0443. The number of carbonyl (C=O) groups excluding carboxylic acids is 4. The molecule has 2 aromatic rings. The van der Waals surface area contributed by atoms with Crippen molar-refractivity contribution in [1.29, 1.82) is 0 Å². The highest BCUT2D eigenvalue weighted by Crippen LogP contribution is 2.23. The number of hydrogen-bond donors (Lipinski definition) is 2. The van der Waals surface area contributed by atoms with Crippen molar-refractivity contribution in [3.05, 3.63) is 59.7 Å². The number of benzene rings is 2. The van der Waals surface area contributed by atoms with Gasteiger partial charge in [0.15, 0.2) is 0 Å². The van der Waals surface area contributed by atoms with Gasteiger partial charge >= 0.3 is 0 Å². The van der Waals surface area contributed by atoms with Crippen LogP contribution < -0.4 is 10.6 Å². The number of hydrogen-bond acceptors (Lipinski definition) is 4. The van der Waals surface area contributed by atoms with E-state index >= 15 is 0 Å². The lowest BCUT2D eigenvalue weighted by Crippen LogP contribution is -2.33. The molecular formula is C27H32N4O4. The second kappa shape index (κ2) is 10.7. The molecule has 2 unspecified atom stereocenters. The summed E-state index contributed by atoms with van der Waals surface area (Å²) >= 11 is 0. The third-order valence-electron chi connectivity index (χ3n) is 6.66. The molecule has 184 valence electrons. The fourth-order valence-corrected chi connectivity index (χ4v) is 4.54. The first kappa shape index (κ1) is 24.4. The van der Waals surface area contributed by atoms with Gasteiger partial charge in [-0.3, -0.25) is 19.2 Å². The number of nitrogens with one attached hydrogen (secondary N) is 2. The second-order valence-corrected chi connectivity index (χ2v) is 9.55. The SMILES string of the molecule is Cc1ccc(NC(=O)C2CC(=O)N(CCCN3CC(C(=O)Nc4ccc(C)cc4)CC3=O)C2)cc1. The molecule has 0 saturated carbocycles. The Morgan fingerprint density at radius 2 is 1.09 bits per heavy atom. The molecule has 2 N–H and O–H groups in total. The summed E-state index contributed by atoms with van der Waals surface area (Å²) in [5.74, 6) is -1.16. The topological polar surface area (TPSA) is 98.8 Å². The third kappa shape index (κ3) is 6.26. The van der Waals surface area contributed by atoms with Crippen LogP contribution in [-0.4, -0.2) is 59.6 Å². The molecule has 0 spiro atoms. The van der Waals surface area contributed by atoms with E-state index in [9.17, 15) is 19.2 Å². The van der Waals surface area contributed by atoms with Gasteiger partial charge in [0.1, 0.15) is 0 Å². The summed E-state index contributed by atoms with van der Waals surface area (Å²) in [6.45, 7) is 5.69. The molecule has 8 nitrogen and oxygen atoms in total. The fraction of sp³-hybridized carbons (Fsp3) is 0.407. The zero-order valence-electron chi connectivity index (χ0n) is 20.3. The molecule has 0 aromatic heterocycles. The Labute approximate surface area is 205 Å². The third-order valence-corrected chi connectivity index (χ3v) is 6.66. The molecule has 2 heterocycles. The van der Waals surface area contributed by atoms with Gasteiger partial charge in [-0.25, -0.2) is 0 Å². The van der Waals surface area contributed by atoms with E-state index in [1.807, 2.05) is 62.4 Å². The molecule has 0 radical (unpaired) electrons. The van der Waals surface area contributed by atoms with Crippen molar-refractivity contribution in [3.63, 3.8) is 0 Å². The van der Waals surface area contributed by atoms with E-state index in [2.05, 4.69) is 10.6 Å². The Morgan fingerprint density at radius 3 is 1.46 bits per heavy atom. The summed E-state index contributed by atoms with van der Waals surface area (Å²) in [6.07, 6.45) is 0.999. The number of rotatable bonds is 8. The predicted octanol–water partition coefficient (Wildman–Crippen LogP) is 2.97. The smallest absolute Gasteiger partial charge is 0.229 e. The van der Waals surface area contributed by atoms with Crippen molar-refractivity contribution in [3.8, 4) is 0 Å². The van der Waals surface area contributed by atoms with Crippen molar-refractivity contribution >= 4 is 35.0 Å². The van der Waals surface area contributed by atoms with E-state index in [-0.39, 0.29) is 48.3 Å². The summed E-state index contributed by atoms with van der Waals surface area (Å²) in [6, 6.07) is 15.1. The van der Waals surface area contributed by atoms with Crippen LogP contribution in [0.15, 0.2) is 48.5 Å². The zero-order chi connectivity index (χ0) is 24.9. The highest BCUT2D eigenvalue weighted by molar-refractivity contribution is 5.98. The fourth-order valence-electron chi connectivity index (χ4n) is 4.54. The van der Waals surface area contributed by atoms with Crippen LogP contribution in [0.4, 0.5) is 11.4 Å². The normalized spacial score (nSPS) is 19.8. The van der Waals surface area contributed by atoms with Crippen LogP contribution in [0.5, 0.6) is 0 Å². The maximum atomic E-state index is 12.6. The quantitative estimate of drug-likeness (QED) is 0.612. The first-order chi connectivity index (χ1) is 16.8. The Morgan fingerprint density at radius 1 is 0.714 bits per heavy atom. The lowest BCUT2D eigenvalue weighted by atomic mass is 10.1. The summed E-state index contributed by atoms with van der Waals surface area (Å²) in [5, 5.41) is 5.77. The van der Waals surface area contributed by atoms with Gasteiger partial charge in [-0.05, 0) is 44.5 Å². The highest BCUT2D eigenvalue weighted by atomic mass is 16.2. The minimum atomic E-state index is -0.382. The Hall–Kier alpha value is -3.68. The lowest BCUT2D eigenvalue weighted by molar-refractivity contribution is -0.129. The van der Waals surface area contributed by atoms with Crippen LogP contribution in [0.2, 0.25) is 0 Å². The Bertz CT molecular complexity index is 1010. The van der Waals surface area contributed by atoms with E-state index in [0.29, 0.717) is 32.6 Å². The molecule has 2 aliphatic heterocycles. The maximum Gasteiger partial charge on any atom is 0.229 e. The first-order valence-electron chi connectivity index (χ1n) is 12.1. The van der Waals surface area contributed by atoms with Crippen LogP contribution in [0, 0.1) is 25.7 Å². The van der Waals surface area contributed by atoms with Crippen molar-refractivity contribution in [1.82, 2.24) is 9.80 Å². The van der Waals surface area contributed by atoms with Crippen molar-refractivity contribution < 1.29 is 19.2 Å². The van der Waals surface area contributed by atoms with Crippen LogP contribution in [0.25, 0.3) is 0 Å². The Kier molecular flexibility index (Phi) is 7.48. The molecule has 0 bridgehead atoms. The molecule has 2 aliphatic rings. The minimum Gasteiger partial charge on any atom is -0.342 e. The average Bonchev–Trinajstić information content (AvgIpc) is 3.39. The molecule has 8 heteroatoms. The zero-order valence-corrected chi connectivity index (χ0v) is 20.3. The summed E-state index contributed by atoms with van der Waals surface area (Å²) in [4.78, 5) is 53.4. The molecule has 2 atom stereocenters. The van der Waals surface area contributed by atoms with Crippen LogP contribution in [0.1, 0.15) is 30.4 Å². The number of likely N-dealkylation sites (tertiary alicyclic amines) is 2. The summed E-state index contributed by atoms with van der Waals surface area (Å²) in [7, 11) is 0. The van der Waals surface area contributed by atoms with Crippen molar-refractivity contribution in [2.75, 3.05) is 36.8 Å². The van der Waals surface area contributed by atoms with Gasteiger partial charge in [0, 0.05) is 50.4 Å². The van der Waals surface area contributed by atoms with Gasteiger partial charge in [0.2, 0.25) is 23.6 Å². The van der Waals surface area contributed by atoms with Crippen LogP contribution >= 0.6 is 0 Å². The monoisotopic (exact) mass is 476 g/mol. The lowest BCUT2D eigenvalue weighted by Gasteiger charge is -2.20. The van der Waals surface area contributed by atoms with Gasteiger partial charge in [-0.2, -0.15) is 0 Å². The molecular weight excluding hydrogens is 444 g/mol. The number of anilines is 2. The number of aryl methyl sites for hydroxylation is 2. The highest BCUT2D eigenvalue weighted by Gasteiger charge is 2.36. The van der Waals surface area contributed by atoms with Crippen molar-refractivity contribution in [2.24, 2.45) is 11.8 Å². The average molecular weight is 477 g/mol. The second-order valence-electron chi connectivity index (χ2n) is 9.55.